The number of carbonyl (C=O) groups is 1. The summed E-state index contributed by atoms with van der Waals surface area (Å²) in [5, 5.41) is 2.90. The fourth-order valence-electron chi connectivity index (χ4n) is 1.94. The molecule has 1 rings (SSSR count). The molecule has 124 valence electrons. The van der Waals surface area contributed by atoms with Crippen molar-refractivity contribution in [2.75, 3.05) is 27.2 Å². The van der Waals surface area contributed by atoms with Crippen molar-refractivity contribution in [1.82, 2.24) is 10.2 Å². The van der Waals surface area contributed by atoms with Crippen LogP contribution >= 0.6 is 0 Å². The van der Waals surface area contributed by atoms with Crippen LogP contribution in [0.15, 0.2) is 24.3 Å². The number of amides is 1. The second kappa shape index (κ2) is 9.43. The molecular weight excluding hydrogens is 278 g/mol. The molecule has 0 spiro atoms. The summed E-state index contributed by atoms with van der Waals surface area (Å²) in [5.41, 5.74) is 6.90. The lowest BCUT2D eigenvalue weighted by atomic mass is 9.99. The first-order valence-electron chi connectivity index (χ1n) is 7.84. The Morgan fingerprint density at radius 3 is 2.68 bits per heavy atom. The number of ether oxygens (including phenoxy) is 1. The highest BCUT2D eigenvalue weighted by Crippen LogP contribution is 2.17. The van der Waals surface area contributed by atoms with Crippen molar-refractivity contribution in [3.8, 4) is 5.75 Å². The van der Waals surface area contributed by atoms with Gasteiger partial charge in [-0.2, -0.15) is 0 Å². The molecule has 3 N–H and O–H groups in total. The van der Waals surface area contributed by atoms with Crippen LogP contribution in [-0.2, 0) is 11.3 Å². The maximum absolute atomic E-state index is 12.0. The average Bonchev–Trinajstić information content (AvgIpc) is 2.51. The molecule has 2 unspecified atom stereocenters. The highest BCUT2D eigenvalue weighted by atomic mass is 16.5. The standard InChI is InChI=1S/C17H29N3O2/c1-5-13(2)16(18)17(21)19-12-14-8-6-7-9-15(14)22-11-10-20(3)4/h6-9,13,16H,5,10-12,18H2,1-4H3,(H,19,21). The van der Waals surface area contributed by atoms with Gasteiger partial charge in [0.2, 0.25) is 5.91 Å². The van der Waals surface area contributed by atoms with Crippen molar-refractivity contribution in [3.05, 3.63) is 29.8 Å². The molecule has 0 heterocycles. The van der Waals surface area contributed by atoms with Gasteiger partial charge in [0.25, 0.3) is 0 Å². The minimum atomic E-state index is -0.466. The van der Waals surface area contributed by atoms with E-state index < -0.39 is 6.04 Å². The molecule has 22 heavy (non-hydrogen) atoms. The van der Waals surface area contributed by atoms with Crippen LogP contribution in [0.25, 0.3) is 0 Å². The number of para-hydroxylation sites is 1. The fraction of sp³-hybridized carbons (Fsp3) is 0.588. The Morgan fingerprint density at radius 2 is 2.05 bits per heavy atom. The lowest BCUT2D eigenvalue weighted by Crippen LogP contribution is -2.44. The number of rotatable bonds is 9. The van der Waals surface area contributed by atoms with Crippen molar-refractivity contribution in [2.24, 2.45) is 11.7 Å². The summed E-state index contributed by atoms with van der Waals surface area (Å²) < 4.78 is 5.79. The first kappa shape index (κ1) is 18.5. The normalized spacial score (nSPS) is 13.7. The highest BCUT2D eigenvalue weighted by Gasteiger charge is 2.19. The van der Waals surface area contributed by atoms with Crippen molar-refractivity contribution in [3.63, 3.8) is 0 Å². The van der Waals surface area contributed by atoms with E-state index in [1.807, 2.05) is 52.2 Å². The number of nitrogens with one attached hydrogen (secondary N) is 1. The molecule has 0 bridgehead atoms. The van der Waals surface area contributed by atoms with Crippen LogP contribution < -0.4 is 15.8 Å². The van der Waals surface area contributed by atoms with Gasteiger partial charge in [0.05, 0.1) is 6.04 Å². The molecule has 0 saturated heterocycles. The summed E-state index contributed by atoms with van der Waals surface area (Å²) in [5.74, 6) is 0.866. The molecule has 0 aliphatic heterocycles. The third-order valence-corrected chi connectivity index (χ3v) is 3.78. The van der Waals surface area contributed by atoms with Gasteiger partial charge in [0, 0.05) is 18.7 Å². The summed E-state index contributed by atoms with van der Waals surface area (Å²) in [4.78, 5) is 14.1. The van der Waals surface area contributed by atoms with Gasteiger partial charge in [-0.25, -0.2) is 0 Å². The Bertz CT molecular complexity index is 463. The largest absolute Gasteiger partial charge is 0.492 e. The fourth-order valence-corrected chi connectivity index (χ4v) is 1.94. The molecule has 0 aliphatic rings. The molecule has 0 aliphatic carbocycles. The van der Waals surface area contributed by atoms with Gasteiger partial charge in [-0.15, -0.1) is 0 Å². The first-order valence-corrected chi connectivity index (χ1v) is 7.84. The van der Waals surface area contributed by atoms with E-state index >= 15 is 0 Å². The van der Waals surface area contributed by atoms with Crippen molar-refractivity contribution < 1.29 is 9.53 Å². The monoisotopic (exact) mass is 307 g/mol. The lowest BCUT2D eigenvalue weighted by molar-refractivity contribution is -0.123. The quantitative estimate of drug-likeness (QED) is 0.727. The minimum Gasteiger partial charge on any atom is -0.492 e. The second-order valence-electron chi connectivity index (χ2n) is 5.89. The first-order chi connectivity index (χ1) is 10.5. The summed E-state index contributed by atoms with van der Waals surface area (Å²) >= 11 is 0. The Hall–Kier alpha value is -1.59. The number of benzene rings is 1. The van der Waals surface area contributed by atoms with E-state index in [9.17, 15) is 4.79 Å². The molecule has 2 atom stereocenters. The maximum Gasteiger partial charge on any atom is 0.237 e. The van der Waals surface area contributed by atoms with Crippen LogP contribution in [0.1, 0.15) is 25.8 Å². The van der Waals surface area contributed by atoms with Gasteiger partial charge < -0.3 is 20.7 Å². The number of hydrogen-bond donors (Lipinski definition) is 2. The van der Waals surface area contributed by atoms with E-state index in [1.54, 1.807) is 0 Å². The Labute approximate surface area is 133 Å². The van der Waals surface area contributed by atoms with Gasteiger partial charge in [-0.05, 0) is 26.1 Å². The third-order valence-electron chi connectivity index (χ3n) is 3.78. The third kappa shape index (κ3) is 6.03. The van der Waals surface area contributed by atoms with E-state index in [2.05, 4.69) is 10.2 Å². The maximum atomic E-state index is 12.0. The predicted molar refractivity (Wildman–Crippen MR) is 89.8 cm³/mol. The number of likely N-dealkylation sites (N-methyl/N-ethyl adjacent to an activating group) is 1. The molecule has 5 nitrogen and oxygen atoms in total. The number of nitrogens with two attached hydrogens (primary N) is 1. The van der Waals surface area contributed by atoms with E-state index in [1.165, 1.54) is 0 Å². The van der Waals surface area contributed by atoms with Crippen LogP contribution in [0.2, 0.25) is 0 Å². The van der Waals surface area contributed by atoms with Gasteiger partial charge in [0.1, 0.15) is 12.4 Å². The molecular formula is C17H29N3O2. The van der Waals surface area contributed by atoms with E-state index in [0.29, 0.717) is 13.2 Å². The second-order valence-corrected chi connectivity index (χ2v) is 5.89. The SMILES string of the molecule is CCC(C)C(N)C(=O)NCc1ccccc1OCCN(C)C. The topological polar surface area (TPSA) is 67.6 Å². The average molecular weight is 307 g/mol. The van der Waals surface area contributed by atoms with E-state index in [-0.39, 0.29) is 11.8 Å². The van der Waals surface area contributed by atoms with Crippen LogP contribution in [0.5, 0.6) is 5.75 Å². The van der Waals surface area contributed by atoms with E-state index in [4.69, 9.17) is 10.5 Å². The zero-order chi connectivity index (χ0) is 16.5. The highest BCUT2D eigenvalue weighted by molar-refractivity contribution is 5.81. The van der Waals surface area contributed by atoms with E-state index in [0.717, 1.165) is 24.3 Å². The van der Waals surface area contributed by atoms with Crippen LogP contribution in [-0.4, -0.2) is 44.1 Å². The predicted octanol–water partition coefficient (Wildman–Crippen LogP) is 1.62. The number of nitrogens with zero attached hydrogens (tertiary/aromatic N) is 1. The van der Waals surface area contributed by atoms with Gasteiger partial charge in [-0.3, -0.25) is 4.79 Å². The molecule has 0 fully saturated rings. The van der Waals surface area contributed by atoms with Crippen molar-refractivity contribution >= 4 is 5.91 Å². The summed E-state index contributed by atoms with van der Waals surface area (Å²) in [7, 11) is 4.01. The zero-order valence-corrected chi connectivity index (χ0v) is 14.1. The number of hydrogen-bond acceptors (Lipinski definition) is 4. The smallest absolute Gasteiger partial charge is 0.237 e. The molecule has 0 aromatic heterocycles. The molecule has 0 radical (unpaired) electrons. The van der Waals surface area contributed by atoms with Crippen molar-refractivity contribution in [2.45, 2.75) is 32.9 Å². The summed E-state index contributed by atoms with van der Waals surface area (Å²) in [6.45, 7) is 5.92. The Balaban J connectivity index is 2.56. The lowest BCUT2D eigenvalue weighted by Gasteiger charge is -2.18. The van der Waals surface area contributed by atoms with Crippen molar-refractivity contribution in [1.29, 1.82) is 0 Å². The van der Waals surface area contributed by atoms with Gasteiger partial charge in [0.15, 0.2) is 0 Å². The Morgan fingerprint density at radius 1 is 1.36 bits per heavy atom. The van der Waals surface area contributed by atoms with Crippen LogP contribution in [0, 0.1) is 5.92 Å². The summed E-state index contributed by atoms with van der Waals surface area (Å²) in [6, 6.07) is 7.29. The molecule has 5 heteroatoms. The molecule has 1 amide bonds. The van der Waals surface area contributed by atoms with Crippen LogP contribution in [0.3, 0.4) is 0 Å². The number of carbonyl (C=O) groups excluding carboxylic acids is 1. The minimum absolute atomic E-state index is 0.113. The molecule has 1 aromatic rings. The molecule has 0 saturated carbocycles. The molecule has 1 aromatic carbocycles. The van der Waals surface area contributed by atoms with Crippen LogP contribution in [0.4, 0.5) is 0 Å². The Kier molecular flexibility index (Phi) is 7.91. The van der Waals surface area contributed by atoms with Gasteiger partial charge >= 0.3 is 0 Å². The van der Waals surface area contributed by atoms with Gasteiger partial charge in [-0.1, -0.05) is 38.5 Å². The zero-order valence-electron chi connectivity index (χ0n) is 14.1. The summed E-state index contributed by atoms with van der Waals surface area (Å²) in [6.07, 6.45) is 0.888.